The number of ether oxygens (including phenoxy) is 3. The molecule has 168 valence electrons. The Labute approximate surface area is 190 Å². The average Bonchev–Trinajstić information content (AvgIpc) is 2.94. The van der Waals surface area contributed by atoms with Crippen molar-refractivity contribution in [2.45, 2.75) is 64.2 Å². The highest BCUT2D eigenvalue weighted by molar-refractivity contribution is 7.99. The highest BCUT2D eigenvalue weighted by atomic mass is 32.2. The van der Waals surface area contributed by atoms with Crippen LogP contribution in [0.4, 0.5) is 0 Å². The van der Waals surface area contributed by atoms with Crippen molar-refractivity contribution in [3.05, 3.63) is 48.0 Å². The molecule has 1 saturated heterocycles. The Morgan fingerprint density at radius 2 is 1.52 bits per heavy atom. The van der Waals surface area contributed by atoms with E-state index < -0.39 is 18.3 Å². The molecule has 0 amide bonds. The van der Waals surface area contributed by atoms with Crippen molar-refractivity contribution in [2.75, 3.05) is 19.2 Å². The first kappa shape index (κ1) is 24.1. The van der Waals surface area contributed by atoms with Gasteiger partial charge in [0.25, 0.3) is 0 Å². The largest absolute Gasteiger partial charge is 0.495 e. The van der Waals surface area contributed by atoms with Crippen LogP contribution < -0.4 is 10.2 Å². The van der Waals surface area contributed by atoms with Gasteiger partial charge in [-0.15, -0.1) is 11.8 Å². The standard InChI is InChI=1S/C24H33BO5S/c1-7-26-17-27-16-18-15-20(28-19-9-12-21(13-10-19)31-8-2)11-14-22(18)25-29-23(3,4)24(5,6)30-25/h9-15H,7-8,16-17H2,1-6H3. The van der Waals surface area contributed by atoms with Crippen molar-refractivity contribution in [1.82, 2.24) is 0 Å². The Kier molecular flexibility index (Phi) is 8.11. The highest BCUT2D eigenvalue weighted by Gasteiger charge is 2.52. The van der Waals surface area contributed by atoms with Crippen LogP contribution >= 0.6 is 11.8 Å². The second-order valence-electron chi connectivity index (χ2n) is 8.41. The van der Waals surface area contributed by atoms with Gasteiger partial charge in [-0.25, -0.2) is 0 Å². The van der Waals surface area contributed by atoms with E-state index in [1.165, 1.54) is 4.90 Å². The summed E-state index contributed by atoms with van der Waals surface area (Å²) in [6.45, 7) is 13.5. The Bertz CT molecular complexity index is 838. The minimum Gasteiger partial charge on any atom is -0.457 e. The molecule has 5 nitrogen and oxygen atoms in total. The zero-order chi connectivity index (χ0) is 22.5. The van der Waals surface area contributed by atoms with Gasteiger partial charge in [0.05, 0.1) is 17.8 Å². The molecule has 0 aliphatic carbocycles. The molecule has 0 N–H and O–H groups in total. The third kappa shape index (κ3) is 6.05. The SMILES string of the molecule is CCOCOCc1cc(Oc2ccc(SCC)cc2)ccc1B1OC(C)(C)C(C)(C)O1. The molecule has 2 aromatic carbocycles. The van der Waals surface area contributed by atoms with E-state index >= 15 is 0 Å². The highest BCUT2D eigenvalue weighted by Crippen LogP contribution is 2.37. The van der Waals surface area contributed by atoms with Gasteiger partial charge in [-0.2, -0.15) is 0 Å². The first-order chi connectivity index (χ1) is 14.8. The summed E-state index contributed by atoms with van der Waals surface area (Å²) in [5.74, 6) is 2.59. The van der Waals surface area contributed by atoms with Crippen LogP contribution in [0.2, 0.25) is 0 Å². The quantitative estimate of drug-likeness (QED) is 0.212. The molecular formula is C24H33BO5S. The van der Waals surface area contributed by atoms with E-state index in [1.807, 2.05) is 49.0 Å². The van der Waals surface area contributed by atoms with Gasteiger partial charge in [0.1, 0.15) is 18.3 Å². The summed E-state index contributed by atoms with van der Waals surface area (Å²) >= 11 is 1.81. The summed E-state index contributed by atoms with van der Waals surface area (Å²) in [6.07, 6.45) is 0. The zero-order valence-electron chi connectivity index (χ0n) is 19.4. The molecule has 0 atom stereocenters. The molecule has 0 unspecified atom stereocenters. The summed E-state index contributed by atoms with van der Waals surface area (Å²) in [4.78, 5) is 1.23. The monoisotopic (exact) mass is 444 g/mol. The maximum absolute atomic E-state index is 6.26. The normalized spacial score (nSPS) is 17.2. The molecule has 1 aliphatic rings. The fraction of sp³-hybridized carbons (Fsp3) is 0.500. The summed E-state index contributed by atoms with van der Waals surface area (Å²) < 4.78 is 29.7. The van der Waals surface area contributed by atoms with Crippen LogP contribution in [0, 0.1) is 0 Å². The first-order valence-corrected chi connectivity index (χ1v) is 11.8. The van der Waals surface area contributed by atoms with E-state index in [-0.39, 0.29) is 6.79 Å². The number of hydrogen-bond acceptors (Lipinski definition) is 6. The van der Waals surface area contributed by atoms with Crippen LogP contribution in [0.3, 0.4) is 0 Å². The van der Waals surface area contributed by atoms with Crippen LogP contribution in [0.15, 0.2) is 47.4 Å². The minimum atomic E-state index is -0.463. The lowest BCUT2D eigenvalue weighted by Gasteiger charge is -2.32. The van der Waals surface area contributed by atoms with Crippen LogP contribution in [-0.2, 0) is 25.4 Å². The molecular weight excluding hydrogens is 411 g/mol. The third-order valence-corrected chi connectivity index (χ3v) is 6.51. The molecule has 1 aliphatic heterocycles. The summed E-state index contributed by atoms with van der Waals surface area (Å²) in [5.41, 5.74) is 1.08. The second-order valence-corrected chi connectivity index (χ2v) is 9.75. The molecule has 3 rings (SSSR count). The van der Waals surface area contributed by atoms with Gasteiger partial charge < -0.3 is 23.5 Å². The molecule has 0 spiro atoms. The van der Waals surface area contributed by atoms with Crippen molar-refractivity contribution in [3.63, 3.8) is 0 Å². The fourth-order valence-corrected chi connectivity index (χ4v) is 3.83. The van der Waals surface area contributed by atoms with E-state index in [4.69, 9.17) is 23.5 Å². The predicted molar refractivity (Wildman–Crippen MR) is 126 cm³/mol. The van der Waals surface area contributed by atoms with Gasteiger partial charge in [-0.3, -0.25) is 0 Å². The van der Waals surface area contributed by atoms with E-state index in [0.29, 0.717) is 13.2 Å². The number of thioether (sulfide) groups is 1. The van der Waals surface area contributed by atoms with Gasteiger partial charge in [-0.05, 0) is 87.8 Å². The van der Waals surface area contributed by atoms with Gasteiger partial charge in [-0.1, -0.05) is 13.0 Å². The maximum atomic E-state index is 6.26. The van der Waals surface area contributed by atoms with Crippen molar-refractivity contribution in [3.8, 4) is 11.5 Å². The number of hydrogen-bond donors (Lipinski definition) is 0. The summed E-state index contributed by atoms with van der Waals surface area (Å²) in [5, 5.41) is 0. The second kappa shape index (κ2) is 10.4. The zero-order valence-corrected chi connectivity index (χ0v) is 20.2. The molecule has 0 aromatic heterocycles. The Hall–Kier alpha value is -1.51. The van der Waals surface area contributed by atoms with Crippen LogP contribution in [0.25, 0.3) is 0 Å². The Morgan fingerprint density at radius 3 is 2.13 bits per heavy atom. The van der Waals surface area contributed by atoms with E-state index in [2.05, 4.69) is 46.8 Å². The lowest BCUT2D eigenvalue weighted by molar-refractivity contribution is -0.0570. The van der Waals surface area contributed by atoms with E-state index in [9.17, 15) is 0 Å². The molecule has 0 saturated carbocycles. The fourth-order valence-electron chi connectivity index (χ4n) is 3.17. The van der Waals surface area contributed by atoms with Crippen molar-refractivity contribution in [1.29, 1.82) is 0 Å². The minimum absolute atomic E-state index is 0.237. The summed E-state index contributed by atoms with van der Waals surface area (Å²) in [6, 6.07) is 14.1. The molecule has 0 bridgehead atoms. The van der Waals surface area contributed by atoms with Crippen molar-refractivity contribution < 1.29 is 23.5 Å². The average molecular weight is 444 g/mol. The van der Waals surface area contributed by atoms with Crippen LogP contribution in [0.5, 0.6) is 11.5 Å². The number of rotatable bonds is 10. The van der Waals surface area contributed by atoms with Gasteiger partial charge in [0.2, 0.25) is 0 Å². The third-order valence-electron chi connectivity index (χ3n) is 5.62. The number of benzene rings is 2. The predicted octanol–water partition coefficient (Wildman–Crippen LogP) is 5.40. The van der Waals surface area contributed by atoms with Crippen molar-refractivity contribution >= 4 is 24.3 Å². The van der Waals surface area contributed by atoms with Gasteiger partial charge in [0, 0.05) is 11.5 Å². The topological polar surface area (TPSA) is 46.2 Å². The van der Waals surface area contributed by atoms with Crippen LogP contribution in [-0.4, -0.2) is 37.5 Å². The van der Waals surface area contributed by atoms with E-state index in [1.54, 1.807) is 0 Å². The molecule has 31 heavy (non-hydrogen) atoms. The maximum Gasteiger partial charge on any atom is 0.495 e. The Balaban J connectivity index is 1.81. The molecule has 2 aromatic rings. The van der Waals surface area contributed by atoms with Gasteiger partial charge >= 0.3 is 7.12 Å². The molecule has 1 heterocycles. The lowest BCUT2D eigenvalue weighted by atomic mass is 9.76. The summed E-state index contributed by atoms with van der Waals surface area (Å²) in [7, 11) is -0.463. The van der Waals surface area contributed by atoms with Crippen LogP contribution in [0.1, 0.15) is 47.1 Å². The van der Waals surface area contributed by atoms with E-state index in [0.717, 1.165) is 28.3 Å². The molecule has 1 fully saturated rings. The Morgan fingerprint density at radius 1 is 0.871 bits per heavy atom. The first-order valence-electron chi connectivity index (χ1n) is 10.8. The molecule has 0 radical (unpaired) electrons. The molecule has 7 heteroatoms. The van der Waals surface area contributed by atoms with Crippen molar-refractivity contribution in [2.24, 2.45) is 0 Å². The smallest absolute Gasteiger partial charge is 0.457 e. The lowest BCUT2D eigenvalue weighted by Crippen LogP contribution is -2.41. The van der Waals surface area contributed by atoms with Gasteiger partial charge in [0.15, 0.2) is 0 Å².